The molecule has 1 saturated carbocycles. The van der Waals surface area contributed by atoms with Gasteiger partial charge in [0.1, 0.15) is 79.5 Å². The van der Waals surface area contributed by atoms with Crippen molar-refractivity contribution < 1.29 is 99.9 Å². The van der Waals surface area contributed by atoms with Gasteiger partial charge in [0.2, 0.25) is 0 Å². The van der Waals surface area contributed by atoms with Gasteiger partial charge >= 0.3 is 43.1 Å². The molecule has 7 aromatic rings. The molecule has 21 heteroatoms. The van der Waals surface area contributed by atoms with Crippen molar-refractivity contribution in [2.75, 3.05) is 0 Å². The third-order valence-corrected chi connectivity index (χ3v) is 15.4. The molecule has 7 aromatic carbocycles. The minimum Gasteiger partial charge on any atom is -0.428 e. The molecule has 0 unspecified atom stereocenters. The third-order valence-electron chi connectivity index (χ3n) is 15.4. The minimum absolute atomic E-state index is 0.146. The lowest BCUT2D eigenvalue weighted by molar-refractivity contribution is 0.0192. The molecule has 1 aliphatic rings. The van der Waals surface area contributed by atoms with Gasteiger partial charge in [-0.1, -0.05) is 118 Å². The first-order chi connectivity index (χ1) is 49.9. The van der Waals surface area contributed by atoms with E-state index in [9.17, 15) is 33.6 Å². The second-order valence-corrected chi connectivity index (χ2v) is 33.5. The zero-order chi connectivity index (χ0) is 80.4. The first-order valence-electron chi connectivity index (χ1n) is 36.0. The number of rotatable bonds is 14. The molecular weight excluding hydrogens is 1380 g/mol. The number of hydrogen-bond acceptors (Lipinski definition) is 21. The van der Waals surface area contributed by atoms with E-state index in [1.165, 1.54) is 17.5 Å². The molecule has 8 rings (SSSR count). The van der Waals surface area contributed by atoms with E-state index in [4.69, 9.17) is 66.3 Å². The summed E-state index contributed by atoms with van der Waals surface area (Å²) in [5, 5.41) is 0. The fraction of sp³-hybridized carbons (Fsp3) is 0.437. The lowest BCUT2D eigenvalue weighted by Gasteiger charge is -2.38. The predicted octanol–water partition coefficient (Wildman–Crippen LogP) is 23.0. The lowest BCUT2D eigenvalue weighted by atomic mass is 9.65. The summed E-state index contributed by atoms with van der Waals surface area (Å²) in [5.41, 5.74) is 2.12. The maximum Gasteiger partial charge on any atom is 0.514 e. The number of carbonyl (C=O) groups is 7. The van der Waals surface area contributed by atoms with Gasteiger partial charge in [-0.25, -0.2) is 33.6 Å². The second kappa shape index (κ2) is 35.9. The summed E-state index contributed by atoms with van der Waals surface area (Å²) < 4.78 is 73.6. The third kappa shape index (κ3) is 30.0. The van der Waals surface area contributed by atoms with E-state index in [1.807, 2.05) is 109 Å². The SMILES string of the molecule is CC(C)(C)OC(=O)Oc1ccc(C(C)(C)c2ccc(OC(=O)OC(C)(C)C)cc2)cc1.CC(C)(C)OC(=O)Oc1ccc(C(c2ccc(OC(=O)OC(C)(C)C)cc2)c2ccc(OC(=O)OC(C)(C)C)cc2)cc1.CC(C)(C)OC(=O)Oc1ccc(C2(c3ccc(OC(=O)OC(C)(C)C)cc3)CCCCC2)cc1. The molecule has 108 heavy (non-hydrogen) atoms. The molecule has 0 bridgehead atoms. The van der Waals surface area contributed by atoms with Crippen molar-refractivity contribution in [1.82, 2.24) is 0 Å². The fourth-order valence-corrected chi connectivity index (χ4v) is 11.0. The van der Waals surface area contributed by atoms with Crippen LogP contribution in [0, 0.1) is 0 Å². The Morgan fingerprint density at radius 2 is 0.407 bits per heavy atom. The van der Waals surface area contributed by atoms with E-state index >= 15 is 0 Å². The van der Waals surface area contributed by atoms with E-state index in [0.29, 0.717) is 40.2 Å². The normalized spacial score (nSPS) is 13.2. The van der Waals surface area contributed by atoms with Gasteiger partial charge in [-0.05, 0) is 282 Å². The van der Waals surface area contributed by atoms with Crippen LogP contribution in [-0.2, 0) is 44.0 Å². The van der Waals surface area contributed by atoms with Crippen molar-refractivity contribution in [3.8, 4) is 40.2 Å². The Morgan fingerprint density at radius 3 is 0.583 bits per heavy atom. The highest BCUT2D eigenvalue weighted by Crippen LogP contribution is 2.46. The highest BCUT2D eigenvalue weighted by Gasteiger charge is 2.37. The van der Waals surface area contributed by atoms with Crippen LogP contribution < -0.4 is 33.2 Å². The zero-order valence-corrected chi connectivity index (χ0v) is 66.9. The van der Waals surface area contributed by atoms with Gasteiger partial charge in [0.25, 0.3) is 0 Å². The summed E-state index contributed by atoms with van der Waals surface area (Å²) in [6, 6.07) is 51.1. The summed E-state index contributed by atoms with van der Waals surface area (Å²) >= 11 is 0. The Kier molecular flexibility index (Phi) is 28.7. The molecule has 0 atom stereocenters. The summed E-state index contributed by atoms with van der Waals surface area (Å²) in [6.45, 7) is 41.5. The van der Waals surface area contributed by atoms with Crippen LogP contribution in [0.15, 0.2) is 170 Å². The molecule has 0 aromatic heterocycles. The molecule has 1 fully saturated rings. The summed E-state index contributed by atoms with van der Waals surface area (Å²) in [5.74, 6) is 2.44. The molecule has 0 heterocycles. The predicted molar refractivity (Wildman–Crippen MR) is 410 cm³/mol. The Balaban J connectivity index is 0.000000257. The Bertz CT molecular complexity index is 3780. The van der Waals surface area contributed by atoms with Gasteiger partial charge in [0, 0.05) is 16.7 Å². The second-order valence-electron chi connectivity index (χ2n) is 33.5. The molecule has 0 amide bonds. The average Bonchev–Trinajstić information content (AvgIpc) is 0.782. The smallest absolute Gasteiger partial charge is 0.428 e. The number of benzene rings is 7. The van der Waals surface area contributed by atoms with Gasteiger partial charge < -0.3 is 66.3 Å². The molecule has 0 saturated heterocycles. The van der Waals surface area contributed by atoms with Gasteiger partial charge in [-0.3, -0.25) is 0 Å². The first kappa shape index (κ1) is 86.4. The van der Waals surface area contributed by atoms with Crippen LogP contribution >= 0.6 is 0 Å². The fourth-order valence-electron chi connectivity index (χ4n) is 11.0. The van der Waals surface area contributed by atoms with Crippen LogP contribution in [0.4, 0.5) is 33.6 Å². The molecule has 0 N–H and O–H groups in total. The standard InChI is InChI=1S/C34H40O9.C28H36O6.C25H32O6/c1-32(2,3)41-29(35)38-25-16-10-22(11-17-25)28(23-12-18-26(19-13-23)39-30(36)42-33(4,5)6)24-14-20-27(21-15-24)40-31(37)43-34(7,8)9;1-26(2,3)33-24(29)31-22-14-10-20(11-15-22)28(18-8-7-9-19-28)21-12-16-23(17-13-21)32-25(30)34-27(4,5)6;1-23(2,3)30-21(26)28-19-13-9-17(10-14-19)25(7,8)18-11-15-20(16-12-18)29-22(27)31-24(4,5)6/h10-21,28H,1-9H3;10-17H,7-9,18-19H2,1-6H3;9-16H,1-8H3. The highest BCUT2D eigenvalue weighted by atomic mass is 16.8. The molecule has 0 aliphatic heterocycles. The van der Waals surface area contributed by atoms with Crippen LogP contribution in [0.25, 0.3) is 0 Å². The lowest BCUT2D eigenvalue weighted by Crippen LogP contribution is -2.30. The largest absolute Gasteiger partial charge is 0.514 e. The van der Waals surface area contributed by atoms with Crippen molar-refractivity contribution in [2.45, 2.75) is 247 Å². The van der Waals surface area contributed by atoms with Gasteiger partial charge in [0.05, 0.1) is 0 Å². The van der Waals surface area contributed by atoms with Gasteiger partial charge in [-0.15, -0.1) is 0 Å². The van der Waals surface area contributed by atoms with Crippen LogP contribution in [0.5, 0.6) is 40.2 Å². The Morgan fingerprint density at radius 1 is 0.241 bits per heavy atom. The molecule has 582 valence electrons. The van der Waals surface area contributed by atoms with Crippen LogP contribution in [0.3, 0.4) is 0 Å². The molecular formula is C87H108O21. The van der Waals surface area contributed by atoms with Crippen LogP contribution in [0.1, 0.15) is 236 Å². The van der Waals surface area contributed by atoms with Crippen molar-refractivity contribution in [1.29, 1.82) is 0 Å². The molecule has 0 spiro atoms. The van der Waals surface area contributed by atoms with Crippen LogP contribution in [0.2, 0.25) is 0 Å². The zero-order valence-electron chi connectivity index (χ0n) is 66.9. The summed E-state index contributed by atoms with van der Waals surface area (Å²) in [7, 11) is 0. The first-order valence-corrected chi connectivity index (χ1v) is 36.0. The van der Waals surface area contributed by atoms with Crippen molar-refractivity contribution in [2.24, 2.45) is 0 Å². The Labute approximate surface area is 636 Å². The number of ether oxygens (including phenoxy) is 14. The van der Waals surface area contributed by atoms with E-state index in [-0.39, 0.29) is 16.7 Å². The number of carbonyl (C=O) groups excluding carboxylic acids is 7. The summed E-state index contributed by atoms with van der Waals surface area (Å²) in [6.07, 6.45) is 0.229. The van der Waals surface area contributed by atoms with E-state index in [2.05, 4.69) is 13.8 Å². The highest BCUT2D eigenvalue weighted by molar-refractivity contribution is 5.68. The van der Waals surface area contributed by atoms with Crippen molar-refractivity contribution in [3.05, 3.63) is 209 Å². The average molecular weight is 1490 g/mol. The molecule has 0 radical (unpaired) electrons. The maximum absolute atomic E-state index is 12.1. The van der Waals surface area contributed by atoms with Gasteiger partial charge in [-0.2, -0.15) is 0 Å². The maximum atomic E-state index is 12.1. The molecule has 21 nitrogen and oxygen atoms in total. The number of hydrogen-bond donors (Lipinski definition) is 0. The van der Waals surface area contributed by atoms with E-state index in [0.717, 1.165) is 53.5 Å². The minimum atomic E-state index is -0.794. The van der Waals surface area contributed by atoms with E-state index in [1.54, 1.807) is 206 Å². The molecule has 1 aliphatic carbocycles. The van der Waals surface area contributed by atoms with Crippen molar-refractivity contribution >= 4 is 43.1 Å². The quantitative estimate of drug-likeness (QED) is 0.0425. The summed E-state index contributed by atoms with van der Waals surface area (Å²) in [4.78, 5) is 84.0. The van der Waals surface area contributed by atoms with Crippen LogP contribution in [-0.4, -0.2) is 82.3 Å². The van der Waals surface area contributed by atoms with Crippen molar-refractivity contribution in [3.63, 3.8) is 0 Å². The topological polar surface area (TPSA) is 249 Å². The Hall–Kier alpha value is -10.6. The van der Waals surface area contributed by atoms with E-state index < -0.39 is 82.3 Å². The monoisotopic (exact) mass is 1490 g/mol. The van der Waals surface area contributed by atoms with Gasteiger partial charge in [0.15, 0.2) is 0 Å².